The minimum atomic E-state index is 0.547. The molecule has 0 unspecified atom stereocenters. The Morgan fingerprint density at radius 3 is 2.65 bits per heavy atom. The largest absolute Gasteiger partial charge is 0.379 e. The third-order valence-corrected chi connectivity index (χ3v) is 4.43. The number of unbranched alkanes of at least 4 members (excludes halogenated alkanes) is 1. The van der Waals surface area contributed by atoms with Crippen molar-refractivity contribution >= 4 is 5.96 Å². The quantitative estimate of drug-likeness (QED) is 0.253. The molecule has 0 bridgehead atoms. The molecule has 1 aromatic heterocycles. The minimum Gasteiger partial charge on any atom is -0.379 e. The van der Waals surface area contributed by atoms with E-state index in [-0.39, 0.29) is 0 Å². The molecular formula is C23H37N5O3. The highest BCUT2D eigenvalue weighted by atomic mass is 16.5. The van der Waals surface area contributed by atoms with Crippen LogP contribution in [0.2, 0.25) is 0 Å². The average Bonchev–Trinajstić information content (AvgIpc) is 3.25. The van der Waals surface area contributed by atoms with Gasteiger partial charge in [0, 0.05) is 31.7 Å². The lowest BCUT2D eigenvalue weighted by molar-refractivity contribution is 0.0487. The van der Waals surface area contributed by atoms with Crippen molar-refractivity contribution in [2.45, 2.75) is 53.0 Å². The average molecular weight is 432 g/mol. The third-order valence-electron chi connectivity index (χ3n) is 4.43. The number of nitrogens with zero attached hydrogens (tertiary/aromatic N) is 3. The molecule has 1 aromatic carbocycles. The second-order valence-electron chi connectivity index (χ2n) is 7.17. The summed E-state index contributed by atoms with van der Waals surface area (Å²) < 4.78 is 16.5. The first-order valence-corrected chi connectivity index (χ1v) is 11.4. The summed E-state index contributed by atoms with van der Waals surface area (Å²) in [5, 5.41) is 10.6. The monoisotopic (exact) mass is 431 g/mol. The Kier molecular flexibility index (Phi) is 12.3. The molecule has 2 aromatic rings. The lowest BCUT2D eigenvalue weighted by atomic mass is 10.1. The van der Waals surface area contributed by atoms with Crippen molar-refractivity contribution in [1.82, 2.24) is 20.8 Å². The standard InChI is InChI=1S/C23H37N5O3/c1-4-7-13-29-15-16-30-14-12-25-23(24-6-3)26-18-19-10-8-11-20(17-19)22-27-21(9-5-2)28-31-22/h8,10-11,17H,4-7,9,12-16,18H2,1-3H3,(H2,24,25,26). The molecule has 0 saturated carbocycles. The number of hydrogen-bond donors (Lipinski definition) is 2. The van der Waals surface area contributed by atoms with E-state index in [4.69, 9.17) is 14.0 Å². The van der Waals surface area contributed by atoms with Crippen molar-refractivity contribution in [1.29, 1.82) is 0 Å². The lowest BCUT2D eigenvalue weighted by Gasteiger charge is -2.12. The number of aryl methyl sites for hydroxylation is 1. The minimum absolute atomic E-state index is 0.547. The van der Waals surface area contributed by atoms with Gasteiger partial charge in [-0.05, 0) is 37.5 Å². The van der Waals surface area contributed by atoms with Crippen molar-refractivity contribution < 1.29 is 14.0 Å². The number of nitrogens with one attached hydrogen (secondary N) is 2. The van der Waals surface area contributed by atoms with Crippen LogP contribution in [0.5, 0.6) is 0 Å². The van der Waals surface area contributed by atoms with Crippen LogP contribution in [0.4, 0.5) is 0 Å². The number of aromatic nitrogens is 2. The van der Waals surface area contributed by atoms with Gasteiger partial charge in [0.1, 0.15) is 0 Å². The number of aliphatic imine (C=N–C) groups is 1. The number of benzene rings is 1. The summed E-state index contributed by atoms with van der Waals surface area (Å²) in [5.74, 6) is 2.06. The molecular weight excluding hydrogens is 394 g/mol. The summed E-state index contributed by atoms with van der Waals surface area (Å²) in [4.78, 5) is 9.13. The van der Waals surface area contributed by atoms with Crippen LogP contribution in [-0.2, 0) is 22.4 Å². The molecule has 0 radical (unpaired) electrons. The van der Waals surface area contributed by atoms with Crippen molar-refractivity contribution in [2.24, 2.45) is 4.99 Å². The summed E-state index contributed by atoms with van der Waals surface area (Å²) in [6, 6.07) is 8.05. The van der Waals surface area contributed by atoms with Gasteiger partial charge in [0.2, 0.25) is 0 Å². The van der Waals surface area contributed by atoms with Gasteiger partial charge in [0.05, 0.1) is 26.4 Å². The fraction of sp³-hybridized carbons (Fsp3) is 0.609. The summed E-state index contributed by atoms with van der Waals surface area (Å²) in [5.41, 5.74) is 1.99. The van der Waals surface area contributed by atoms with E-state index < -0.39 is 0 Å². The molecule has 0 aliphatic carbocycles. The maximum absolute atomic E-state index is 5.60. The molecule has 0 atom stereocenters. The molecule has 0 fully saturated rings. The Morgan fingerprint density at radius 2 is 1.87 bits per heavy atom. The van der Waals surface area contributed by atoms with Gasteiger partial charge >= 0.3 is 0 Å². The Balaban J connectivity index is 1.79. The molecule has 31 heavy (non-hydrogen) atoms. The molecule has 1 heterocycles. The summed E-state index contributed by atoms with van der Waals surface area (Å²) in [6.07, 6.45) is 4.06. The zero-order valence-corrected chi connectivity index (χ0v) is 19.2. The van der Waals surface area contributed by atoms with Crippen molar-refractivity contribution in [2.75, 3.05) is 39.5 Å². The van der Waals surface area contributed by atoms with Gasteiger partial charge in [-0.1, -0.05) is 37.6 Å². The highest BCUT2D eigenvalue weighted by Gasteiger charge is 2.09. The fourth-order valence-corrected chi connectivity index (χ4v) is 2.82. The lowest BCUT2D eigenvalue weighted by Crippen LogP contribution is -2.39. The maximum atomic E-state index is 5.60. The smallest absolute Gasteiger partial charge is 0.257 e. The van der Waals surface area contributed by atoms with Crippen LogP contribution >= 0.6 is 0 Å². The van der Waals surface area contributed by atoms with Crippen molar-refractivity contribution in [3.8, 4) is 11.5 Å². The van der Waals surface area contributed by atoms with Gasteiger partial charge in [-0.25, -0.2) is 4.99 Å². The van der Waals surface area contributed by atoms with Gasteiger partial charge in [0.25, 0.3) is 5.89 Å². The van der Waals surface area contributed by atoms with Crippen LogP contribution in [0.3, 0.4) is 0 Å². The fourth-order valence-electron chi connectivity index (χ4n) is 2.82. The number of guanidine groups is 1. The Labute approximate surface area is 185 Å². The van der Waals surface area contributed by atoms with E-state index in [1.807, 2.05) is 31.2 Å². The predicted molar refractivity (Wildman–Crippen MR) is 123 cm³/mol. The van der Waals surface area contributed by atoms with E-state index in [9.17, 15) is 0 Å². The van der Waals surface area contributed by atoms with Crippen molar-refractivity contribution in [3.63, 3.8) is 0 Å². The number of hydrogen-bond acceptors (Lipinski definition) is 6. The molecule has 0 aliphatic rings. The van der Waals surface area contributed by atoms with Gasteiger partial charge in [0.15, 0.2) is 11.8 Å². The zero-order valence-electron chi connectivity index (χ0n) is 19.2. The van der Waals surface area contributed by atoms with E-state index in [0.717, 1.165) is 61.7 Å². The van der Waals surface area contributed by atoms with Crippen LogP contribution in [0.15, 0.2) is 33.8 Å². The van der Waals surface area contributed by atoms with E-state index in [1.54, 1.807) is 0 Å². The van der Waals surface area contributed by atoms with Gasteiger partial charge < -0.3 is 24.6 Å². The number of ether oxygens (including phenoxy) is 2. The Morgan fingerprint density at radius 1 is 1.03 bits per heavy atom. The molecule has 8 heteroatoms. The Hall–Kier alpha value is -2.45. The third kappa shape index (κ3) is 9.93. The van der Waals surface area contributed by atoms with Gasteiger partial charge in [-0.3, -0.25) is 0 Å². The SMILES string of the molecule is CCCCOCCOCCNC(=NCc1cccc(-c2nc(CCC)no2)c1)NCC. The number of rotatable bonds is 15. The van der Waals surface area contributed by atoms with E-state index in [2.05, 4.69) is 39.6 Å². The molecule has 8 nitrogen and oxygen atoms in total. The second-order valence-corrected chi connectivity index (χ2v) is 7.17. The van der Waals surface area contributed by atoms with Gasteiger partial charge in [-0.15, -0.1) is 0 Å². The molecule has 0 saturated heterocycles. The maximum Gasteiger partial charge on any atom is 0.257 e. The van der Waals surface area contributed by atoms with Crippen LogP contribution in [0, 0.1) is 0 Å². The summed E-state index contributed by atoms with van der Waals surface area (Å²) in [6.45, 7) is 11.0. The highest BCUT2D eigenvalue weighted by molar-refractivity contribution is 5.79. The van der Waals surface area contributed by atoms with E-state index in [1.165, 1.54) is 0 Å². The van der Waals surface area contributed by atoms with E-state index >= 15 is 0 Å². The van der Waals surface area contributed by atoms with Crippen LogP contribution in [-0.4, -0.2) is 55.6 Å². The Bertz CT molecular complexity index is 763. The summed E-state index contributed by atoms with van der Waals surface area (Å²) >= 11 is 0. The molecule has 2 N–H and O–H groups in total. The first-order valence-electron chi connectivity index (χ1n) is 11.4. The normalized spacial score (nSPS) is 11.6. The molecule has 0 spiro atoms. The highest BCUT2D eigenvalue weighted by Crippen LogP contribution is 2.19. The van der Waals surface area contributed by atoms with E-state index in [0.29, 0.717) is 38.8 Å². The first kappa shape index (κ1) is 24.8. The first-order chi connectivity index (χ1) is 15.3. The zero-order chi connectivity index (χ0) is 22.2. The molecule has 0 amide bonds. The van der Waals surface area contributed by atoms with Crippen LogP contribution < -0.4 is 10.6 Å². The predicted octanol–water partition coefficient (Wildman–Crippen LogP) is 3.58. The van der Waals surface area contributed by atoms with Crippen molar-refractivity contribution in [3.05, 3.63) is 35.7 Å². The van der Waals surface area contributed by atoms with Gasteiger partial charge in [-0.2, -0.15) is 4.98 Å². The molecule has 0 aliphatic heterocycles. The van der Waals surface area contributed by atoms with Crippen LogP contribution in [0.25, 0.3) is 11.5 Å². The second kappa shape index (κ2) is 15.4. The molecule has 172 valence electrons. The topological polar surface area (TPSA) is 93.8 Å². The van der Waals surface area contributed by atoms with Crippen LogP contribution in [0.1, 0.15) is 51.4 Å². The summed E-state index contributed by atoms with van der Waals surface area (Å²) in [7, 11) is 0. The molecule has 2 rings (SSSR count).